The SMILES string of the molecule is CC1(C)CN(C(=O)CCl)C(=O)N1. The second kappa shape index (κ2) is 2.94. The Morgan fingerprint density at radius 1 is 1.75 bits per heavy atom. The Kier molecular flexibility index (Phi) is 2.28. The molecular formula is C7H11ClN2O2. The van der Waals surface area contributed by atoms with Crippen molar-refractivity contribution in [3.63, 3.8) is 0 Å². The van der Waals surface area contributed by atoms with Gasteiger partial charge in [-0.25, -0.2) is 4.79 Å². The Hall–Kier alpha value is -0.770. The molecule has 1 rings (SSSR count). The van der Waals surface area contributed by atoms with Crippen molar-refractivity contribution in [3.05, 3.63) is 0 Å². The van der Waals surface area contributed by atoms with Gasteiger partial charge in [-0.05, 0) is 13.8 Å². The van der Waals surface area contributed by atoms with E-state index >= 15 is 0 Å². The summed E-state index contributed by atoms with van der Waals surface area (Å²) in [4.78, 5) is 23.3. The van der Waals surface area contributed by atoms with Crippen LogP contribution in [0.3, 0.4) is 0 Å². The number of amides is 3. The van der Waals surface area contributed by atoms with Gasteiger partial charge in [-0.1, -0.05) is 0 Å². The van der Waals surface area contributed by atoms with Crippen molar-refractivity contribution < 1.29 is 9.59 Å². The molecule has 1 aliphatic rings. The fraction of sp³-hybridized carbons (Fsp3) is 0.714. The first kappa shape index (κ1) is 9.32. The van der Waals surface area contributed by atoms with E-state index < -0.39 is 0 Å². The average Bonchev–Trinajstić information content (AvgIpc) is 2.23. The Labute approximate surface area is 75.9 Å². The van der Waals surface area contributed by atoms with Gasteiger partial charge in [-0.15, -0.1) is 11.6 Å². The largest absolute Gasteiger partial charge is 0.331 e. The number of carbonyl (C=O) groups is 2. The Morgan fingerprint density at radius 3 is 2.67 bits per heavy atom. The maximum atomic E-state index is 11.1. The van der Waals surface area contributed by atoms with E-state index in [0.717, 1.165) is 4.90 Å². The first-order valence-corrected chi connectivity index (χ1v) is 4.18. The number of nitrogens with zero attached hydrogens (tertiary/aromatic N) is 1. The Morgan fingerprint density at radius 2 is 2.33 bits per heavy atom. The minimum Gasteiger partial charge on any atom is -0.331 e. The third-order valence-corrected chi connectivity index (χ3v) is 1.89. The fourth-order valence-electron chi connectivity index (χ4n) is 1.14. The molecule has 0 saturated carbocycles. The van der Waals surface area contributed by atoms with Gasteiger partial charge in [0.1, 0.15) is 5.88 Å². The number of hydrogen-bond donors (Lipinski definition) is 1. The van der Waals surface area contributed by atoms with Crippen LogP contribution in [0.2, 0.25) is 0 Å². The molecule has 1 saturated heterocycles. The number of hydrogen-bond acceptors (Lipinski definition) is 2. The third-order valence-electron chi connectivity index (χ3n) is 1.66. The molecule has 0 radical (unpaired) electrons. The molecule has 1 aliphatic heterocycles. The van der Waals surface area contributed by atoms with Crippen molar-refractivity contribution in [1.82, 2.24) is 10.2 Å². The highest BCUT2D eigenvalue weighted by atomic mass is 35.5. The van der Waals surface area contributed by atoms with Crippen LogP contribution in [0.25, 0.3) is 0 Å². The topological polar surface area (TPSA) is 49.4 Å². The van der Waals surface area contributed by atoms with Crippen LogP contribution in [0.15, 0.2) is 0 Å². The molecule has 3 amide bonds. The lowest BCUT2D eigenvalue weighted by atomic mass is 10.1. The molecule has 0 aromatic heterocycles. The van der Waals surface area contributed by atoms with Gasteiger partial charge in [0.25, 0.3) is 0 Å². The number of nitrogens with one attached hydrogen (secondary N) is 1. The summed E-state index contributed by atoms with van der Waals surface area (Å²) < 4.78 is 0. The lowest BCUT2D eigenvalue weighted by Crippen LogP contribution is -2.36. The van der Waals surface area contributed by atoms with Gasteiger partial charge in [0.2, 0.25) is 5.91 Å². The van der Waals surface area contributed by atoms with E-state index in [2.05, 4.69) is 5.32 Å². The highest BCUT2D eigenvalue weighted by molar-refractivity contribution is 6.28. The van der Waals surface area contributed by atoms with E-state index in [1.165, 1.54) is 0 Å². The molecular weight excluding hydrogens is 180 g/mol. The summed E-state index contributed by atoms with van der Waals surface area (Å²) in [6.07, 6.45) is 0. The summed E-state index contributed by atoms with van der Waals surface area (Å²) in [6, 6.07) is -0.356. The molecule has 1 N–H and O–H groups in total. The van der Waals surface area contributed by atoms with Gasteiger partial charge in [-0.2, -0.15) is 0 Å². The highest BCUT2D eigenvalue weighted by Crippen LogP contribution is 2.14. The van der Waals surface area contributed by atoms with Crippen molar-refractivity contribution in [2.75, 3.05) is 12.4 Å². The maximum absolute atomic E-state index is 11.1. The molecule has 0 spiro atoms. The monoisotopic (exact) mass is 190 g/mol. The van der Waals surface area contributed by atoms with Gasteiger partial charge < -0.3 is 5.32 Å². The van der Waals surface area contributed by atoms with Gasteiger partial charge in [0, 0.05) is 0 Å². The number of carbonyl (C=O) groups excluding carboxylic acids is 2. The van der Waals surface area contributed by atoms with E-state index in [4.69, 9.17) is 11.6 Å². The number of halogens is 1. The van der Waals surface area contributed by atoms with Crippen LogP contribution >= 0.6 is 11.6 Å². The van der Waals surface area contributed by atoms with Crippen LogP contribution in [-0.4, -0.2) is 34.8 Å². The lowest BCUT2D eigenvalue weighted by Gasteiger charge is -2.15. The van der Waals surface area contributed by atoms with Crippen LogP contribution in [0.1, 0.15) is 13.8 Å². The van der Waals surface area contributed by atoms with E-state index in [0.29, 0.717) is 6.54 Å². The molecule has 68 valence electrons. The predicted molar refractivity (Wildman–Crippen MR) is 45.0 cm³/mol. The summed E-state index contributed by atoms with van der Waals surface area (Å²) in [5, 5.41) is 2.67. The van der Waals surface area contributed by atoms with Crippen molar-refractivity contribution in [2.24, 2.45) is 0 Å². The van der Waals surface area contributed by atoms with E-state index in [1.807, 2.05) is 13.8 Å². The molecule has 1 heterocycles. The van der Waals surface area contributed by atoms with Crippen LogP contribution in [-0.2, 0) is 4.79 Å². The van der Waals surface area contributed by atoms with Gasteiger partial charge in [0.15, 0.2) is 0 Å². The molecule has 12 heavy (non-hydrogen) atoms. The molecule has 4 nitrogen and oxygen atoms in total. The molecule has 1 fully saturated rings. The Bertz CT molecular complexity index is 227. The number of rotatable bonds is 1. The fourth-order valence-corrected chi connectivity index (χ4v) is 1.28. The summed E-state index contributed by atoms with van der Waals surface area (Å²) in [7, 11) is 0. The number of imide groups is 1. The van der Waals surface area contributed by atoms with Crippen molar-refractivity contribution in [2.45, 2.75) is 19.4 Å². The second-order valence-corrected chi connectivity index (χ2v) is 3.69. The van der Waals surface area contributed by atoms with E-state index in [9.17, 15) is 9.59 Å². The van der Waals surface area contributed by atoms with Crippen LogP contribution in [0, 0.1) is 0 Å². The highest BCUT2D eigenvalue weighted by Gasteiger charge is 2.37. The average molecular weight is 191 g/mol. The molecule has 5 heteroatoms. The summed E-state index contributed by atoms with van der Waals surface area (Å²) in [6.45, 7) is 4.09. The zero-order chi connectivity index (χ0) is 9.35. The summed E-state index contributed by atoms with van der Waals surface area (Å²) in [5.41, 5.74) is -0.335. The molecule has 0 aliphatic carbocycles. The molecule has 0 aromatic carbocycles. The van der Waals surface area contributed by atoms with Crippen molar-refractivity contribution in [3.8, 4) is 0 Å². The quantitative estimate of drug-likeness (QED) is 0.615. The summed E-state index contributed by atoms with van der Waals surface area (Å²) in [5.74, 6) is -0.497. The van der Waals surface area contributed by atoms with Gasteiger partial charge in [-0.3, -0.25) is 9.69 Å². The zero-order valence-electron chi connectivity index (χ0n) is 7.06. The normalized spacial score (nSPS) is 20.9. The third kappa shape index (κ3) is 1.69. The predicted octanol–water partition coefficient (Wildman–Crippen LogP) is 0.556. The lowest BCUT2D eigenvalue weighted by molar-refractivity contribution is -0.125. The first-order chi connectivity index (χ1) is 5.46. The molecule has 0 atom stereocenters. The van der Waals surface area contributed by atoms with Crippen LogP contribution in [0.5, 0.6) is 0 Å². The van der Waals surface area contributed by atoms with Crippen LogP contribution < -0.4 is 5.32 Å². The number of alkyl halides is 1. The maximum Gasteiger partial charge on any atom is 0.324 e. The second-order valence-electron chi connectivity index (χ2n) is 3.43. The van der Waals surface area contributed by atoms with E-state index in [-0.39, 0.29) is 23.4 Å². The minimum absolute atomic E-state index is 0.149. The van der Waals surface area contributed by atoms with Crippen molar-refractivity contribution >= 4 is 23.5 Å². The Balaban J connectivity index is 2.71. The smallest absolute Gasteiger partial charge is 0.324 e. The summed E-state index contributed by atoms with van der Waals surface area (Å²) >= 11 is 5.32. The minimum atomic E-state index is -0.356. The van der Waals surface area contributed by atoms with E-state index in [1.54, 1.807) is 0 Å². The van der Waals surface area contributed by atoms with Crippen molar-refractivity contribution in [1.29, 1.82) is 0 Å². The van der Waals surface area contributed by atoms with Crippen LogP contribution in [0.4, 0.5) is 4.79 Å². The molecule has 0 bridgehead atoms. The zero-order valence-corrected chi connectivity index (χ0v) is 7.81. The molecule has 0 unspecified atom stereocenters. The van der Waals surface area contributed by atoms with Gasteiger partial charge >= 0.3 is 6.03 Å². The standard InChI is InChI=1S/C7H11ClN2O2/c1-7(2)4-10(5(11)3-8)6(12)9-7/h3-4H2,1-2H3,(H,9,12). The first-order valence-electron chi connectivity index (χ1n) is 3.65. The number of urea groups is 1. The van der Waals surface area contributed by atoms with Gasteiger partial charge in [0.05, 0.1) is 12.1 Å². The molecule has 0 aromatic rings.